The zero-order chi connectivity index (χ0) is 13.0. The van der Waals surface area contributed by atoms with Gasteiger partial charge in [0.15, 0.2) is 0 Å². The Morgan fingerprint density at radius 1 is 1.44 bits per heavy atom. The van der Waals surface area contributed by atoms with E-state index < -0.39 is 12.1 Å². The summed E-state index contributed by atoms with van der Waals surface area (Å²) < 4.78 is 5.13. The Balaban J connectivity index is 0.00000289. The van der Waals surface area contributed by atoms with Crippen molar-refractivity contribution in [3.8, 4) is 5.75 Å². The summed E-state index contributed by atoms with van der Waals surface area (Å²) in [4.78, 5) is 0. The standard InChI is InChI=1S/C13H20ClNO2.ClH/c1-4-8(2)13(16)12(15)9-5-6-10(14)11(7-9)17-3;/h5-8,12-13,16H,4,15H2,1-3H3;1H/t8?,12-,13+;/m0./s1. The highest BCUT2D eigenvalue weighted by Gasteiger charge is 2.22. The predicted molar refractivity (Wildman–Crippen MR) is 77.6 cm³/mol. The van der Waals surface area contributed by atoms with Crippen molar-refractivity contribution in [3.63, 3.8) is 0 Å². The van der Waals surface area contributed by atoms with Gasteiger partial charge in [0.25, 0.3) is 0 Å². The molecule has 0 radical (unpaired) electrons. The summed E-state index contributed by atoms with van der Waals surface area (Å²) in [6.45, 7) is 4.01. The monoisotopic (exact) mass is 293 g/mol. The third kappa shape index (κ3) is 4.02. The number of nitrogens with two attached hydrogens (primary N) is 1. The zero-order valence-corrected chi connectivity index (χ0v) is 12.5. The summed E-state index contributed by atoms with van der Waals surface area (Å²) in [5.74, 6) is 0.739. The van der Waals surface area contributed by atoms with Crippen LogP contribution in [0.4, 0.5) is 0 Å². The number of rotatable bonds is 5. The van der Waals surface area contributed by atoms with Gasteiger partial charge in [-0.15, -0.1) is 12.4 Å². The van der Waals surface area contributed by atoms with Crippen molar-refractivity contribution in [2.75, 3.05) is 7.11 Å². The maximum atomic E-state index is 10.1. The fourth-order valence-electron chi connectivity index (χ4n) is 1.68. The zero-order valence-electron chi connectivity index (χ0n) is 10.9. The van der Waals surface area contributed by atoms with Crippen LogP contribution in [0, 0.1) is 5.92 Å². The normalized spacial score (nSPS) is 15.4. The van der Waals surface area contributed by atoms with Crippen molar-refractivity contribution in [3.05, 3.63) is 28.8 Å². The van der Waals surface area contributed by atoms with Crippen LogP contribution in [0.15, 0.2) is 18.2 Å². The molecule has 0 fully saturated rings. The van der Waals surface area contributed by atoms with Gasteiger partial charge in [-0.1, -0.05) is 37.9 Å². The van der Waals surface area contributed by atoms with Crippen LogP contribution in [0.3, 0.4) is 0 Å². The van der Waals surface area contributed by atoms with Gasteiger partial charge in [-0.2, -0.15) is 0 Å². The second-order valence-corrected chi connectivity index (χ2v) is 4.70. The molecular weight excluding hydrogens is 273 g/mol. The van der Waals surface area contributed by atoms with Crippen LogP contribution < -0.4 is 10.5 Å². The second kappa shape index (κ2) is 7.85. The fraction of sp³-hybridized carbons (Fsp3) is 0.538. The number of hydrogen-bond donors (Lipinski definition) is 2. The summed E-state index contributed by atoms with van der Waals surface area (Å²) in [6, 6.07) is 4.91. The lowest BCUT2D eigenvalue weighted by Crippen LogP contribution is -2.31. The van der Waals surface area contributed by atoms with Gasteiger partial charge in [0.2, 0.25) is 0 Å². The molecule has 1 aromatic carbocycles. The molecule has 0 bridgehead atoms. The molecule has 0 aliphatic rings. The van der Waals surface area contributed by atoms with Crippen molar-refractivity contribution in [2.24, 2.45) is 11.7 Å². The van der Waals surface area contributed by atoms with Crippen molar-refractivity contribution >= 4 is 24.0 Å². The molecular formula is C13H21Cl2NO2. The SMILES string of the molecule is CCC(C)[C@@H](O)[C@@H](N)c1ccc(Cl)c(OC)c1.Cl. The van der Waals surface area contributed by atoms with E-state index in [9.17, 15) is 5.11 Å². The van der Waals surface area contributed by atoms with Crippen molar-refractivity contribution in [2.45, 2.75) is 32.4 Å². The van der Waals surface area contributed by atoms with E-state index in [-0.39, 0.29) is 18.3 Å². The van der Waals surface area contributed by atoms with Gasteiger partial charge < -0.3 is 15.6 Å². The summed E-state index contributed by atoms with van der Waals surface area (Å²) in [7, 11) is 1.56. The lowest BCUT2D eigenvalue weighted by Gasteiger charge is -2.24. The molecule has 1 unspecified atom stereocenters. The van der Waals surface area contributed by atoms with E-state index in [0.717, 1.165) is 12.0 Å². The molecule has 1 aromatic rings. The molecule has 3 atom stereocenters. The first-order valence-electron chi connectivity index (χ1n) is 5.78. The first-order valence-corrected chi connectivity index (χ1v) is 6.16. The molecule has 3 nitrogen and oxygen atoms in total. The Kier molecular flexibility index (Phi) is 7.64. The Bertz CT molecular complexity index is 374. The first kappa shape index (κ1) is 17.5. The number of halogens is 2. The van der Waals surface area contributed by atoms with Gasteiger partial charge in [-0.3, -0.25) is 0 Å². The molecule has 0 saturated heterocycles. The van der Waals surface area contributed by atoms with Crippen molar-refractivity contribution < 1.29 is 9.84 Å². The molecule has 1 rings (SSSR count). The number of benzene rings is 1. The van der Waals surface area contributed by atoms with Crippen molar-refractivity contribution in [1.29, 1.82) is 0 Å². The second-order valence-electron chi connectivity index (χ2n) is 4.30. The molecule has 0 aromatic heterocycles. The van der Waals surface area contributed by atoms with Crippen LogP contribution in [0.1, 0.15) is 31.9 Å². The quantitative estimate of drug-likeness (QED) is 0.877. The van der Waals surface area contributed by atoms with Gasteiger partial charge in [-0.25, -0.2) is 0 Å². The molecule has 0 saturated carbocycles. The Hall–Kier alpha value is -0.480. The maximum absolute atomic E-state index is 10.1. The largest absolute Gasteiger partial charge is 0.495 e. The molecule has 0 heterocycles. The first-order chi connectivity index (χ1) is 8.01. The minimum absolute atomic E-state index is 0. The van der Waals surface area contributed by atoms with E-state index >= 15 is 0 Å². The van der Waals surface area contributed by atoms with Gasteiger partial charge in [0.1, 0.15) is 5.75 Å². The van der Waals surface area contributed by atoms with Gasteiger partial charge in [-0.05, 0) is 23.6 Å². The van der Waals surface area contributed by atoms with Crippen molar-refractivity contribution in [1.82, 2.24) is 0 Å². The highest BCUT2D eigenvalue weighted by molar-refractivity contribution is 6.32. The van der Waals surface area contributed by atoms with Crippen LogP contribution in [0.2, 0.25) is 5.02 Å². The highest BCUT2D eigenvalue weighted by atomic mass is 35.5. The fourth-order valence-corrected chi connectivity index (χ4v) is 1.87. The smallest absolute Gasteiger partial charge is 0.137 e. The Labute approximate surface area is 120 Å². The summed E-state index contributed by atoms with van der Waals surface area (Å²) in [6.07, 6.45) is 0.324. The van der Waals surface area contributed by atoms with E-state index in [0.29, 0.717) is 10.8 Å². The highest BCUT2D eigenvalue weighted by Crippen LogP contribution is 2.29. The molecule has 18 heavy (non-hydrogen) atoms. The third-order valence-corrected chi connectivity index (χ3v) is 3.47. The lowest BCUT2D eigenvalue weighted by atomic mass is 9.91. The van der Waals surface area contributed by atoms with Gasteiger partial charge in [0, 0.05) is 0 Å². The molecule has 0 spiro atoms. The van der Waals surface area contributed by atoms with E-state index in [1.807, 2.05) is 19.9 Å². The molecule has 3 N–H and O–H groups in total. The minimum atomic E-state index is -0.564. The van der Waals surface area contributed by atoms with Crippen LogP contribution in [-0.2, 0) is 0 Å². The number of methoxy groups -OCH3 is 1. The van der Waals surface area contributed by atoms with E-state index in [4.69, 9.17) is 22.1 Å². The molecule has 5 heteroatoms. The lowest BCUT2D eigenvalue weighted by molar-refractivity contribution is 0.0879. The minimum Gasteiger partial charge on any atom is -0.495 e. The molecule has 104 valence electrons. The van der Waals surface area contributed by atoms with Crippen LogP contribution in [0.25, 0.3) is 0 Å². The summed E-state index contributed by atoms with van der Waals surface area (Å²) >= 11 is 5.94. The summed E-state index contributed by atoms with van der Waals surface area (Å²) in [5.41, 5.74) is 6.87. The van der Waals surface area contributed by atoms with E-state index in [1.165, 1.54) is 0 Å². The number of aliphatic hydroxyl groups is 1. The van der Waals surface area contributed by atoms with Crippen LogP contribution in [-0.4, -0.2) is 18.3 Å². The van der Waals surface area contributed by atoms with Crippen LogP contribution in [0.5, 0.6) is 5.75 Å². The van der Waals surface area contributed by atoms with E-state index in [1.54, 1.807) is 19.2 Å². The third-order valence-electron chi connectivity index (χ3n) is 3.15. The number of hydrogen-bond acceptors (Lipinski definition) is 3. The molecule has 0 amide bonds. The topological polar surface area (TPSA) is 55.5 Å². The Morgan fingerprint density at radius 3 is 2.56 bits per heavy atom. The molecule has 0 aliphatic heterocycles. The maximum Gasteiger partial charge on any atom is 0.137 e. The average molecular weight is 294 g/mol. The van der Waals surface area contributed by atoms with Gasteiger partial charge in [0.05, 0.1) is 24.3 Å². The Morgan fingerprint density at radius 2 is 2.06 bits per heavy atom. The summed E-state index contributed by atoms with van der Waals surface area (Å²) in [5, 5.41) is 10.6. The van der Waals surface area contributed by atoms with Crippen LogP contribution >= 0.6 is 24.0 Å². The number of ether oxygens (including phenoxy) is 1. The molecule has 0 aliphatic carbocycles. The van der Waals surface area contributed by atoms with E-state index in [2.05, 4.69) is 0 Å². The average Bonchev–Trinajstić information content (AvgIpc) is 2.36. The predicted octanol–water partition coefficient (Wildman–Crippen LogP) is 3.18. The number of aliphatic hydroxyl groups excluding tert-OH is 1. The van der Waals surface area contributed by atoms with Gasteiger partial charge >= 0.3 is 0 Å².